The molecule has 4 nitrogen and oxygen atoms in total. The van der Waals surface area contributed by atoms with E-state index in [-0.39, 0.29) is 12.9 Å². The first-order chi connectivity index (χ1) is 10.2. The highest BCUT2D eigenvalue weighted by Gasteiger charge is 2.26. The zero-order chi connectivity index (χ0) is 14.8. The molecule has 0 fully saturated rings. The molecule has 0 spiro atoms. The molecule has 0 bridgehead atoms. The molecule has 100 valence electrons. The molecule has 3 rings (SSSR count). The van der Waals surface area contributed by atoms with Crippen LogP contribution in [0.5, 0.6) is 0 Å². The molecule has 0 radical (unpaired) electrons. The highest BCUT2D eigenvalue weighted by Crippen LogP contribution is 2.26. The number of aliphatic imine (C=N–C) groups is 1. The first kappa shape index (κ1) is 11.4. The Bertz CT molecular complexity index is 700. The maximum Gasteiger partial charge on any atom is 0.266 e. The summed E-state index contributed by atoms with van der Waals surface area (Å²) in [6.45, 7) is 0. The second-order valence-corrected chi connectivity index (χ2v) is 4.57. The minimum atomic E-state index is -0.988. The van der Waals surface area contributed by atoms with Gasteiger partial charge in [0.25, 0.3) is 5.91 Å². The van der Waals surface area contributed by atoms with Crippen molar-refractivity contribution < 1.29 is 6.17 Å². The van der Waals surface area contributed by atoms with Crippen LogP contribution in [0, 0.1) is 0 Å². The van der Waals surface area contributed by atoms with Gasteiger partial charge < -0.3 is 10.6 Å². The molecule has 0 saturated carbocycles. The Morgan fingerprint density at radius 3 is 2.60 bits per heavy atom. The Hall–Kier alpha value is -2.46. The minimum absolute atomic E-state index is 0.179. The molecular weight excluding hydrogens is 250 g/mol. The second kappa shape index (κ2) is 4.90. The van der Waals surface area contributed by atoms with Crippen molar-refractivity contribution in [3.05, 3.63) is 65.7 Å². The molecule has 0 aromatic heterocycles. The van der Waals surface area contributed by atoms with Gasteiger partial charge in [0.1, 0.15) is 0 Å². The third-order valence-corrected chi connectivity index (χ3v) is 3.28. The van der Waals surface area contributed by atoms with E-state index in [0.29, 0.717) is 11.4 Å². The number of benzene rings is 2. The lowest BCUT2D eigenvalue weighted by atomic mass is 10.0. The lowest BCUT2D eigenvalue weighted by molar-refractivity contribution is -0.119. The van der Waals surface area contributed by atoms with Crippen molar-refractivity contribution in [3.63, 3.8) is 0 Å². The third-order valence-electron chi connectivity index (χ3n) is 3.28. The smallest absolute Gasteiger partial charge is 0.266 e. The van der Waals surface area contributed by atoms with Gasteiger partial charge in [-0.2, -0.15) is 0 Å². The zero-order valence-corrected chi connectivity index (χ0v) is 10.9. The number of anilines is 1. The number of fused-ring (bicyclic) bond motifs is 1. The Morgan fingerprint density at radius 1 is 1.15 bits per heavy atom. The molecule has 2 aromatic rings. The fourth-order valence-corrected chi connectivity index (χ4v) is 2.28. The number of hydrogen-bond acceptors (Lipinski definition) is 3. The van der Waals surface area contributed by atoms with E-state index in [1.165, 1.54) is 4.90 Å². The molecule has 1 heterocycles. The van der Waals surface area contributed by atoms with Gasteiger partial charge in [-0.05, 0) is 6.07 Å². The third kappa shape index (κ3) is 2.00. The van der Waals surface area contributed by atoms with Gasteiger partial charge in [-0.25, -0.2) is 0 Å². The zero-order valence-electron chi connectivity index (χ0n) is 11.9. The molecular formula is C16H15N3O. The molecule has 0 unspecified atom stereocenters. The van der Waals surface area contributed by atoms with Gasteiger partial charge in [-0.1, -0.05) is 48.5 Å². The first-order valence-corrected chi connectivity index (χ1v) is 6.31. The maximum atomic E-state index is 12.3. The number of benzodiazepines with no additional fused rings is 1. The summed E-state index contributed by atoms with van der Waals surface area (Å²) in [6.07, 6.45) is -0.988. The monoisotopic (exact) mass is 266 g/mol. The summed E-state index contributed by atoms with van der Waals surface area (Å²) >= 11 is 0. The number of para-hydroxylation sites is 1. The van der Waals surface area contributed by atoms with E-state index in [0.717, 1.165) is 11.1 Å². The Balaban J connectivity index is 2.24. The quantitative estimate of drug-likeness (QED) is 0.855. The van der Waals surface area contributed by atoms with Crippen molar-refractivity contribution in [2.24, 2.45) is 10.7 Å². The van der Waals surface area contributed by atoms with Crippen molar-refractivity contribution in [1.82, 2.24) is 0 Å². The molecule has 4 heteroatoms. The molecule has 0 saturated heterocycles. The van der Waals surface area contributed by atoms with Crippen molar-refractivity contribution in [2.45, 2.75) is 6.17 Å². The van der Waals surface area contributed by atoms with Crippen LogP contribution in [0.3, 0.4) is 0 Å². The topological polar surface area (TPSA) is 58.7 Å². The van der Waals surface area contributed by atoms with Crippen LogP contribution in [0.2, 0.25) is 0 Å². The molecule has 2 aromatic carbocycles. The second-order valence-electron chi connectivity index (χ2n) is 4.57. The summed E-state index contributed by atoms with van der Waals surface area (Å²) in [5.41, 5.74) is 8.97. The van der Waals surface area contributed by atoms with Crippen LogP contribution in [0.25, 0.3) is 0 Å². The highest BCUT2D eigenvalue weighted by molar-refractivity contribution is 6.19. The van der Waals surface area contributed by atoms with E-state index in [4.69, 9.17) is 7.10 Å². The average molecular weight is 266 g/mol. The molecule has 1 aliphatic heterocycles. The number of nitrogens with two attached hydrogens (primary N) is 1. The van der Waals surface area contributed by atoms with E-state index in [9.17, 15) is 4.79 Å². The molecule has 1 aliphatic rings. The molecule has 2 N–H and O–H groups in total. The van der Waals surface area contributed by atoms with Crippen LogP contribution in [0.4, 0.5) is 5.69 Å². The van der Waals surface area contributed by atoms with Crippen LogP contribution in [0.15, 0.2) is 59.6 Å². The first-order valence-electron chi connectivity index (χ1n) is 7.02. The summed E-state index contributed by atoms with van der Waals surface area (Å²) in [4.78, 5) is 18.0. The number of carbonyl (C=O) groups excluding carboxylic acids is 1. The molecule has 1 atom stereocenters. The van der Waals surface area contributed by atoms with Crippen LogP contribution >= 0.6 is 0 Å². The normalized spacial score (nSPS) is 18.9. The van der Waals surface area contributed by atoms with E-state index in [1.54, 1.807) is 0 Å². The average Bonchev–Trinajstić information content (AvgIpc) is 2.64. The van der Waals surface area contributed by atoms with Crippen LogP contribution < -0.4 is 10.6 Å². The summed E-state index contributed by atoms with van der Waals surface area (Å²) in [7, 11) is -0.179. The summed E-state index contributed by atoms with van der Waals surface area (Å²) in [5.74, 6) is -0.358. The Labute approximate surface area is 119 Å². The van der Waals surface area contributed by atoms with Gasteiger partial charge in [0.2, 0.25) is 0 Å². The van der Waals surface area contributed by atoms with E-state index in [2.05, 4.69) is 4.99 Å². The molecule has 1 amide bonds. The van der Waals surface area contributed by atoms with Gasteiger partial charge in [0.15, 0.2) is 6.17 Å². The molecule has 0 aliphatic carbocycles. The van der Waals surface area contributed by atoms with E-state index < -0.39 is 6.17 Å². The predicted octanol–water partition coefficient (Wildman–Crippen LogP) is 1.79. The predicted molar refractivity (Wildman–Crippen MR) is 79.9 cm³/mol. The SMILES string of the molecule is [2H]CN1C(=O)[C@@H](N)N=C(c2ccccc2)c2ccccc21. The van der Waals surface area contributed by atoms with Crippen molar-refractivity contribution in [3.8, 4) is 0 Å². The van der Waals surface area contributed by atoms with Crippen molar-refractivity contribution in [1.29, 1.82) is 0 Å². The van der Waals surface area contributed by atoms with Gasteiger partial charge in [-0.15, -0.1) is 0 Å². The maximum absolute atomic E-state index is 12.3. The number of amides is 1. The van der Waals surface area contributed by atoms with Crippen molar-refractivity contribution in [2.75, 3.05) is 11.9 Å². The van der Waals surface area contributed by atoms with Crippen molar-refractivity contribution >= 4 is 17.3 Å². The number of nitrogens with zero attached hydrogens (tertiary/aromatic N) is 2. The fourth-order valence-electron chi connectivity index (χ4n) is 2.28. The largest absolute Gasteiger partial charge is 0.312 e. The van der Waals surface area contributed by atoms with Gasteiger partial charge in [0, 0.05) is 19.5 Å². The lowest BCUT2D eigenvalue weighted by Crippen LogP contribution is -2.39. The van der Waals surface area contributed by atoms with Crippen LogP contribution in [0.1, 0.15) is 12.5 Å². The van der Waals surface area contributed by atoms with Gasteiger partial charge in [-0.3, -0.25) is 9.79 Å². The minimum Gasteiger partial charge on any atom is -0.312 e. The highest BCUT2D eigenvalue weighted by atomic mass is 16.2. The fraction of sp³-hybridized carbons (Fsp3) is 0.125. The van der Waals surface area contributed by atoms with Crippen LogP contribution in [-0.4, -0.2) is 24.8 Å². The summed E-state index contributed by atoms with van der Waals surface area (Å²) in [5, 5.41) is 0. The summed E-state index contributed by atoms with van der Waals surface area (Å²) < 4.78 is 7.61. The number of likely N-dealkylation sites (N-methyl/N-ethyl adjacent to an activating group) is 1. The van der Waals surface area contributed by atoms with E-state index >= 15 is 0 Å². The molecule has 20 heavy (non-hydrogen) atoms. The standard InChI is InChI=1S/C16H15N3O/c1-19-13-10-6-5-9-12(13)14(18-15(17)16(19)20)11-7-3-2-4-8-11/h2-10,15H,17H2,1H3/t15-/m0/s1/i1D. The Kier molecular flexibility index (Phi) is 2.79. The summed E-state index contributed by atoms with van der Waals surface area (Å²) in [6, 6.07) is 17.1. The lowest BCUT2D eigenvalue weighted by Gasteiger charge is -2.18. The number of rotatable bonds is 1. The van der Waals surface area contributed by atoms with Gasteiger partial charge >= 0.3 is 0 Å². The van der Waals surface area contributed by atoms with Crippen LogP contribution in [-0.2, 0) is 4.79 Å². The number of hydrogen-bond donors (Lipinski definition) is 1. The van der Waals surface area contributed by atoms with E-state index in [1.807, 2.05) is 54.6 Å². The Morgan fingerprint density at radius 2 is 1.85 bits per heavy atom. The van der Waals surface area contributed by atoms with Gasteiger partial charge in [0.05, 0.1) is 11.4 Å². The number of carbonyl (C=O) groups is 1.